The van der Waals surface area contributed by atoms with E-state index >= 15 is 0 Å². The van der Waals surface area contributed by atoms with Crippen LogP contribution in [0.3, 0.4) is 0 Å². The summed E-state index contributed by atoms with van der Waals surface area (Å²) in [5.41, 5.74) is 4.44. The molecule has 1 aliphatic heterocycles. The number of amides is 1. The number of carbonyl (C=O) groups excluding carboxylic acids is 1. The third-order valence-corrected chi connectivity index (χ3v) is 6.83. The summed E-state index contributed by atoms with van der Waals surface area (Å²) < 4.78 is 1.84. The average molecular weight is 424 g/mol. The van der Waals surface area contributed by atoms with Crippen molar-refractivity contribution in [1.82, 2.24) is 24.6 Å². The summed E-state index contributed by atoms with van der Waals surface area (Å²) in [7, 11) is 1.94. The van der Waals surface area contributed by atoms with E-state index in [1.54, 1.807) is 0 Å². The number of aromatic nitrogens is 3. The number of hydrogen-bond acceptors (Lipinski definition) is 5. The Kier molecular flexibility index (Phi) is 6.29. The third kappa shape index (κ3) is 4.63. The Morgan fingerprint density at radius 2 is 1.90 bits per heavy atom. The van der Waals surface area contributed by atoms with Crippen molar-refractivity contribution in [2.24, 2.45) is 7.05 Å². The maximum absolute atomic E-state index is 13.3. The fraction of sp³-hybridized carbons (Fsp3) is 0.435. The van der Waals surface area contributed by atoms with Crippen LogP contribution in [-0.4, -0.2) is 56.7 Å². The molecule has 6 nitrogen and oxygen atoms in total. The van der Waals surface area contributed by atoms with Crippen molar-refractivity contribution in [3.63, 3.8) is 0 Å². The normalized spacial score (nSPS) is 15.4. The van der Waals surface area contributed by atoms with E-state index in [1.807, 2.05) is 29.7 Å². The van der Waals surface area contributed by atoms with Crippen molar-refractivity contribution in [3.05, 3.63) is 58.4 Å². The largest absolute Gasteiger partial charge is 0.337 e. The van der Waals surface area contributed by atoms with Crippen molar-refractivity contribution < 1.29 is 4.79 Å². The molecule has 3 aromatic rings. The van der Waals surface area contributed by atoms with Gasteiger partial charge in [0.1, 0.15) is 9.88 Å². The second-order valence-electron chi connectivity index (χ2n) is 7.93. The molecule has 0 atom stereocenters. The maximum atomic E-state index is 13.3. The van der Waals surface area contributed by atoms with E-state index in [9.17, 15) is 4.79 Å². The van der Waals surface area contributed by atoms with Gasteiger partial charge in [0.15, 0.2) is 0 Å². The second-order valence-corrected chi connectivity index (χ2v) is 8.93. The molecule has 1 aliphatic rings. The highest BCUT2D eigenvalue weighted by Crippen LogP contribution is 2.29. The molecule has 7 heteroatoms. The van der Waals surface area contributed by atoms with Crippen LogP contribution < -0.4 is 0 Å². The smallest absolute Gasteiger partial charge is 0.265 e. The Morgan fingerprint density at radius 3 is 2.60 bits per heavy atom. The predicted molar refractivity (Wildman–Crippen MR) is 121 cm³/mol. The fourth-order valence-corrected chi connectivity index (χ4v) is 4.93. The number of thiazole rings is 1. The predicted octanol–water partition coefficient (Wildman–Crippen LogP) is 3.76. The van der Waals surface area contributed by atoms with E-state index in [1.165, 1.54) is 22.5 Å². The Balaban J connectivity index is 1.43. The number of nitrogens with zero attached hydrogens (tertiary/aromatic N) is 5. The second kappa shape index (κ2) is 9.10. The number of hydrogen-bond donors (Lipinski definition) is 0. The number of rotatable bonds is 5. The first kappa shape index (κ1) is 20.8. The minimum absolute atomic E-state index is 0.115. The van der Waals surface area contributed by atoms with Crippen molar-refractivity contribution in [2.45, 2.75) is 33.2 Å². The van der Waals surface area contributed by atoms with Crippen LogP contribution in [0.1, 0.15) is 39.8 Å². The first-order valence-corrected chi connectivity index (χ1v) is 11.4. The Bertz CT molecular complexity index is 1010. The molecular formula is C23H29N5OS. The lowest BCUT2D eigenvalue weighted by atomic mass is 10.1. The van der Waals surface area contributed by atoms with Crippen LogP contribution in [0.4, 0.5) is 0 Å². The number of carbonyl (C=O) groups is 1. The van der Waals surface area contributed by atoms with Crippen LogP contribution in [0.25, 0.3) is 10.6 Å². The standard InChI is InChI=1S/C23H29N5OS/c1-4-18-6-8-20(9-7-18)22-25-17(2)21(30-22)23(29)28-11-5-10-27(12-13-28)16-19-14-24-26(3)15-19/h6-9,14-15H,4-5,10-13,16H2,1-3H3. The summed E-state index contributed by atoms with van der Waals surface area (Å²) in [5, 5.41) is 5.18. The van der Waals surface area contributed by atoms with Crippen molar-refractivity contribution >= 4 is 17.2 Å². The van der Waals surface area contributed by atoms with Gasteiger partial charge in [0.2, 0.25) is 0 Å². The molecule has 30 heavy (non-hydrogen) atoms. The molecule has 1 aromatic carbocycles. The fourth-order valence-electron chi connectivity index (χ4n) is 3.89. The van der Waals surface area contributed by atoms with Gasteiger partial charge in [-0.25, -0.2) is 4.98 Å². The van der Waals surface area contributed by atoms with Crippen LogP contribution in [-0.2, 0) is 20.0 Å². The summed E-state index contributed by atoms with van der Waals surface area (Å²) in [4.78, 5) is 23.1. The highest BCUT2D eigenvalue weighted by Gasteiger charge is 2.24. The summed E-state index contributed by atoms with van der Waals surface area (Å²) in [6.45, 7) is 8.39. The molecular weight excluding hydrogens is 394 g/mol. The van der Waals surface area contributed by atoms with E-state index in [-0.39, 0.29) is 5.91 Å². The van der Waals surface area contributed by atoms with Gasteiger partial charge in [0.25, 0.3) is 5.91 Å². The van der Waals surface area contributed by atoms with Gasteiger partial charge in [-0.1, -0.05) is 31.2 Å². The summed E-state index contributed by atoms with van der Waals surface area (Å²) in [6.07, 6.45) is 5.98. The van der Waals surface area contributed by atoms with Crippen LogP contribution in [0.15, 0.2) is 36.7 Å². The molecule has 0 saturated carbocycles. The van der Waals surface area contributed by atoms with E-state index in [4.69, 9.17) is 4.98 Å². The van der Waals surface area contributed by atoms with E-state index < -0.39 is 0 Å². The Hall–Kier alpha value is -2.51. The average Bonchev–Trinajstić information content (AvgIpc) is 3.26. The van der Waals surface area contributed by atoms with Gasteiger partial charge in [0, 0.05) is 57.1 Å². The highest BCUT2D eigenvalue weighted by molar-refractivity contribution is 7.17. The van der Waals surface area contributed by atoms with Crippen LogP contribution in [0.5, 0.6) is 0 Å². The molecule has 0 aliphatic carbocycles. The number of aryl methyl sites for hydroxylation is 3. The quantitative estimate of drug-likeness (QED) is 0.627. The maximum Gasteiger partial charge on any atom is 0.265 e. The first-order valence-electron chi connectivity index (χ1n) is 10.6. The molecule has 1 amide bonds. The molecule has 1 saturated heterocycles. The van der Waals surface area contributed by atoms with Gasteiger partial charge >= 0.3 is 0 Å². The van der Waals surface area contributed by atoms with Gasteiger partial charge in [-0.3, -0.25) is 14.4 Å². The zero-order valence-corrected chi connectivity index (χ0v) is 18.8. The van der Waals surface area contributed by atoms with Gasteiger partial charge in [-0.2, -0.15) is 5.10 Å². The van der Waals surface area contributed by atoms with Gasteiger partial charge in [0.05, 0.1) is 11.9 Å². The summed E-state index contributed by atoms with van der Waals surface area (Å²) in [6, 6.07) is 8.49. The van der Waals surface area contributed by atoms with Crippen LogP contribution in [0.2, 0.25) is 0 Å². The van der Waals surface area contributed by atoms with E-state index in [2.05, 4.69) is 47.4 Å². The van der Waals surface area contributed by atoms with Crippen molar-refractivity contribution in [3.8, 4) is 10.6 Å². The molecule has 3 heterocycles. The molecule has 0 unspecified atom stereocenters. The number of benzene rings is 1. The topological polar surface area (TPSA) is 54.3 Å². The van der Waals surface area contributed by atoms with E-state index in [0.717, 1.165) is 66.7 Å². The van der Waals surface area contributed by atoms with Crippen molar-refractivity contribution in [2.75, 3.05) is 26.2 Å². The molecule has 0 spiro atoms. The van der Waals surface area contributed by atoms with Gasteiger partial charge in [-0.05, 0) is 25.3 Å². The van der Waals surface area contributed by atoms with Crippen LogP contribution >= 0.6 is 11.3 Å². The minimum Gasteiger partial charge on any atom is -0.337 e. The van der Waals surface area contributed by atoms with E-state index in [0.29, 0.717) is 0 Å². The molecule has 0 bridgehead atoms. The molecule has 1 fully saturated rings. The molecule has 4 rings (SSSR count). The van der Waals surface area contributed by atoms with Gasteiger partial charge < -0.3 is 4.90 Å². The van der Waals surface area contributed by atoms with Gasteiger partial charge in [-0.15, -0.1) is 11.3 Å². The molecule has 2 aromatic heterocycles. The lowest BCUT2D eigenvalue weighted by Gasteiger charge is -2.21. The Labute approximate surface area is 182 Å². The lowest BCUT2D eigenvalue weighted by Crippen LogP contribution is -2.35. The van der Waals surface area contributed by atoms with Crippen molar-refractivity contribution in [1.29, 1.82) is 0 Å². The molecule has 158 valence electrons. The van der Waals surface area contributed by atoms with Crippen LogP contribution in [0, 0.1) is 6.92 Å². The summed E-state index contributed by atoms with van der Waals surface area (Å²) >= 11 is 1.51. The first-order chi connectivity index (χ1) is 14.5. The third-order valence-electron chi connectivity index (χ3n) is 5.64. The molecule has 0 N–H and O–H groups in total. The Morgan fingerprint density at radius 1 is 1.10 bits per heavy atom. The minimum atomic E-state index is 0.115. The zero-order chi connectivity index (χ0) is 21.1. The highest BCUT2D eigenvalue weighted by atomic mass is 32.1. The SMILES string of the molecule is CCc1ccc(-c2nc(C)c(C(=O)N3CCCN(Cc4cnn(C)c4)CC3)s2)cc1. The zero-order valence-electron chi connectivity index (χ0n) is 18.0. The monoisotopic (exact) mass is 423 g/mol. The lowest BCUT2D eigenvalue weighted by molar-refractivity contribution is 0.0765. The summed E-state index contributed by atoms with van der Waals surface area (Å²) in [5.74, 6) is 0.115. The molecule has 0 radical (unpaired) electrons.